The van der Waals surface area contributed by atoms with Crippen molar-refractivity contribution in [2.24, 2.45) is 16.3 Å². The lowest BCUT2D eigenvalue weighted by molar-refractivity contribution is -0.121. The van der Waals surface area contributed by atoms with E-state index in [9.17, 15) is 4.79 Å². The summed E-state index contributed by atoms with van der Waals surface area (Å²) in [4.78, 5) is 12.3. The minimum atomic E-state index is -1.05. The van der Waals surface area contributed by atoms with Gasteiger partial charge in [-0.15, -0.1) is 0 Å². The predicted octanol–water partition coefficient (Wildman–Crippen LogP) is 2.19. The number of oxime groups is 1. The Hall–Kier alpha value is -2.24. The van der Waals surface area contributed by atoms with Gasteiger partial charge >= 0.3 is 0 Å². The third kappa shape index (κ3) is 3.40. The normalized spacial score (nSPS) is 14.4. The first-order chi connectivity index (χ1) is 9.47. The fourth-order valence-corrected chi connectivity index (χ4v) is 1.64. The maximum Gasteiger partial charge on any atom is 0.238 e. The fourth-order valence-electron chi connectivity index (χ4n) is 1.64. The second-order valence-corrected chi connectivity index (χ2v) is 4.58. The number of anilines is 1. The number of ether oxygens (including phenoxy) is 1. The molecule has 110 valence electrons. The molecule has 0 heterocycles. The number of rotatable bonds is 6. The highest BCUT2D eigenvalue weighted by molar-refractivity contribution is 6.11. The van der Waals surface area contributed by atoms with Crippen LogP contribution in [0.5, 0.6) is 5.75 Å². The Morgan fingerprint density at radius 1 is 1.40 bits per heavy atom. The van der Waals surface area contributed by atoms with Crippen molar-refractivity contribution < 1.29 is 14.7 Å². The van der Waals surface area contributed by atoms with E-state index < -0.39 is 5.41 Å². The van der Waals surface area contributed by atoms with Gasteiger partial charge in [0.1, 0.15) is 11.2 Å². The lowest BCUT2D eigenvalue weighted by Gasteiger charge is -2.25. The van der Waals surface area contributed by atoms with Gasteiger partial charge in [0.2, 0.25) is 5.91 Å². The van der Waals surface area contributed by atoms with Crippen LogP contribution in [0.2, 0.25) is 0 Å². The highest BCUT2D eigenvalue weighted by Crippen LogP contribution is 2.24. The maximum absolute atomic E-state index is 12.3. The van der Waals surface area contributed by atoms with Gasteiger partial charge in [0.25, 0.3) is 0 Å². The zero-order valence-electron chi connectivity index (χ0n) is 12.0. The van der Waals surface area contributed by atoms with E-state index in [4.69, 9.17) is 15.7 Å². The lowest BCUT2D eigenvalue weighted by atomic mass is 9.85. The highest BCUT2D eigenvalue weighted by Gasteiger charge is 2.36. The molecule has 0 bridgehead atoms. The first kappa shape index (κ1) is 15.8. The summed E-state index contributed by atoms with van der Waals surface area (Å²) in [6.45, 7) is 5.92. The van der Waals surface area contributed by atoms with Gasteiger partial charge in [-0.3, -0.25) is 4.79 Å². The van der Waals surface area contributed by atoms with E-state index in [-0.39, 0.29) is 11.7 Å². The van der Waals surface area contributed by atoms with Crippen LogP contribution in [0, 0.1) is 5.41 Å². The van der Waals surface area contributed by atoms with E-state index in [1.165, 1.54) is 0 Å². The average molecular weight is 279 g/mol. The molecule has 0 radical (unpaired) electrons. The number of hydrogen-bond acceptors (Lipinski definition) is 4. The Bertz CT molecular complexity index is 485. The molecule has 1 atom stereocenters. The molecule has 0 saturated carbocycles. The third-order valence-electron chi connectivity index (χ3n) is 3.30. The monoisotopic (exact) mass is 279 g/mol. The first-order valence-corrected chi connectivity index (χ1v) is 6.50. The third-order valence-corrected chi connectivity index (χ3v) is 3.30. The summed E-state index contributed by atoms with van der Waals surface area (Å²) in [5.74, 6) is 0.308. The van der Waals surface area contributed by atoms with Gasteiger partial charge < -0.3 is 21.0 Å². The van der Waals surface area contributed by atoms with Crippen LogP contribution >= 0.6 is 0 Å². The number of benzene rings is 1. The summed E-state index contributed by atoms with van der Waals surface area (Å²) in [5, 5.41) is 14.5. The topological polar surface area (TPSA) is 96.9 Å². The van der Waals surface area contributed by atoms with Gasteiger partial charge in [-0.05, 0) is 44.5 Å². The molecule has 0 saturated heterocycles. The number of amidine groups is 1. The predicted molar refractivity (Wildman–Crippen MR) is 78.0 cm³/mol. The molecule has 6 heteroatoms. The van der Waals surface area contributed by atoms with Crippen LogP contribution in [0.15, 0.2) is 29.4 Å². The molecule has 1 aromatic rings. The van der Waals surface area contributed by atoms with Crippen LogP contribution in [0.25, 0.3) is 0 Å². The molecule has 1 rings (SSSR count). The van der Waals surface area contributed by atoms with Crippen LogP contribution in [0.3, 0.4) is 0 Å². The molecular weight excluding hydrogens is 258 g/mol. The van der Waals surface area contributed by atoms with E-state index in [0.29, 0.717) is 18.7 Å². The van der Waals surface area contributed by atoms with Crippen molar-refractivity contribution in [2.75, 3.05) is 11.9 Å². The molecule has 0 aliphatic heterocycles. The summed E-state index contributed by atoms with van der Waals surface area (Å²) in [5.41, 5.74) is 5.18. The first-order valence-electron chi connectivity index (χ1n) is 6.50. The summed E-state index contributed by atoms with van der Waals surface area (Å²) < 4.78 is 5.33. The van der Waals surface area contributed by atoms with Crippen molar-refractivity contribution in [3.05, 3.63) is 24.3 Å². The number of nitrogens with zero attached hydrogens (tertiary/aromatic N) is 1. The lowest BCUT2D eigenvalue weighted by Crippen LogP contribution is -2.44. The molecule has 1 amide bonds. The molecular formula is C14H21N3O3. The smallest absolute Gasteiger partial charge is 0.238 e. The molecule has 0 spiro atoms. The summed E-state index contributed by atoms with van der Waals surface area (Å²) in [6, 6.07) is 7.02. The molecule has 6 nitrogen and oxygen atoms in total. The van der Waals surface area contributed by atoms with Crippen LogP contribution in [-0.2, 0) is 4.79 Å². The molecule has 0 aliphatic carbocycles. The number of hydrogen-bond donors (Lipinski definition) is 3. The highest BCUT2D eigenvalue weighted by atomic mass is 16.5. The summed E-state index contributed by atoms with van der Waals surface area (Å²) in [6.07, 6.45) is 0.422. The SMILES string of the molecule is CCOc1ccc(NC(=O)C(C)(CC)/C(N)=N/O)cc1. The minimum absolute atomic E-state index is 0.108. The number of nitrogens with two attached hydrogens (primary N) is 1. The summed E-state index contributed by atoms with van der Waals surface area (Å²) >= 11 is 0. The standard InChI is InChI=1S/C14H21N3O3/c1-4-14(3,12(15)17-19)13(18)16-10-6-8-11(9-7-10)20-5-2/h6-9,19H,4-5H2,1-3H3,(H2,15,17)(H,16,18). The second kappa shape index (κ2) is 6.79. The van der Waals surface area contributed by atoms with E-state index in [0.717, 1.165) is 5.75 Å². The molecule has 0 aromatic heterocycles. The van der Waals surface area contributed by atoms with Crippen LogP contribution < -0.4 is 15.8 Å². The zero-order chi connectivity index (χ0) is 15.2. The Kier molecular flexibility index (Phi) is 5.37. The van der Waals surface area contributed by atoms with Gasteiger partial charge in [-0.25, -0.2) is 0 Å². The molecule has 0 aliphatic rings. The number of nitrogens with one attached hydrogen (secondary N) is 1. The van der Waals surface area contributed by atoms with E-state index in [2.05, 4.69) is 10.5 Å². The maximum atomic E-state index is 12.3. The molecule has 20 heavy (non-hydrogen) atoms. The van der Waals surface area contributed by atoms with Crippen LogP contribution in [0.4, 0.5) is 5.69 Å². The van der Waals surface area contributed by atoms with E-state index >= 15 is 0 Å². The van der Waals surface area contributed by atoms with Gasteiger partial charge in [0.05, 0.1) is 6.61 Å². The van der Waals surface area contributed by atoms with Crippen molar-refractivity contribution >= 4 is 17.4 Å². The van der Waals surface area contributed by atoms with Gasteiger partial charge in [0, 0.05) is 5.69 Å². The van der Waals surface area contributed by atoms with Crippen molar-refractivity contribution in [1.82, 2.24) is 0 Å². The van der Waals surface area contributed by atoms with Gasteiger partial charge in [-0.2, -0.15) is 0 Å². The quantitative estimate of drug-likeness (QED) is 0.322. The van der Waals surface area contributed by atoms with E-state index in [1.54, 1.807) is 38.1 Å². The Morgan fingerprint density at radius 3 is 2.45 bits per heavy atom. The molecule has 1 aromatic carbocycles. The van der Waals surface area contributed by atoms with Crippen LogP contribution in [0.1, 0.15) is 27.2 Å². The Morgan fingerprint density at radius 2 is 2.00 bits per heavy atom. The Balaban J connectivity index is 2.84. The van der Waals surface area contributed by atoms with Crippen molar-refractivity contribution in [2.45, 2.75) is 27.2 Å². The number of amides is 1. The molecule has 1 unspecified atom stereocenters. The summed E-state index contributed by atoms with van der Waals surface area (Å²) in [7, 11) is 0. The molecule has 0 fully saturated rings. The van der Waals surface area contributed by atoms with Crippen molar-refractivity contribution in [3.8, 4) is 5.75 Å². The fraction of sp³-hybridized carbons (Fsp3) is 0.429. The van der Waals surface area contributed by atoms with Gasteiger partial charge in [0.15, 0.2) is 5.84 Å². The second-order valence-electron chi connectivity index (χ2n) is 4.58. The molecule has 4 N–H and O–H groups in total. The largest absolute Gasteiger partial charge is 0.494 e. The number of carbonyl (C=O) groups excluding carboxylic acids is 1. The zero-order valence-corrected chi connectivity index (χ0v) is 12.0. The average Bonchev–Trinajstić information content (AvgIpc) is 2.47. The van der Waals surface area contributed by atoms with Crippen molar-refractivity contribution in [3.63, 3.8) is 0 Å². The number of carbonyl (C=O) groups is 1. The van der Waals surface area contributed by atoms with Gasteiger partial charge in [-0.1, -0.05) is 12.1 Å². The minimum Gasteiger partial charge on any atom is -0.494 e. The van der Waals surface area contributed by atoms with Crippen molar-refractivity contribution in [1.29, 1.82) is 0 Å². The van der Waals surface area contributed by atoms with Crippen LogP contribution in [-0.4, -0.2) is 23.6 Å². The Labute approximate surface area is 118 Å². The van der Waals surface area contributed by atoms with E-state index in [1.807, 2.05) is 6.92 Å².